The van der Waals surface area contributed by atoms with Crippen molar-refractivity contribution in [3.8, 4) is 0 Å². The highest BCUT2D eigenvalue weighted by atomic mass is 35.5. The number of nitrogens with zero attached hydrogens (tertiary/aromatic N) is 4. The Morgan fingerprint density at radius 3 is 2.61 bits per heavy atom. The van der Waals surface area contributed by atoms with Crippen molar-refractivity contribution in [1.82, 2.24) is 5.01 Å². The molecule has 0 aromatic heterocycles. The molecule has 2 aliphatic rings. The largest absolute Gasteiger partial charge is 0.326 e. The van der Waals surface area contributed by atoms with Gasteiger partial charge >= 0.3 is 5.24 Å². The topological polar surface area (TPSA) is 48.3 Å². The van der Waals surface area contributed by atoms with Crippen LogP contribution in [0, 0.1) is 0 Å². The van der Waals surface area contributed by atoms with Crippen molar-refractivity contribution in [3.63, 3.8) is 0 Å². The van der Waals surface area contributed by atoms with Crippen LogP contribution in [0.4, 0.5) is 10.5 Å². The lowest BCUT2D eigenvalue weighted by molar-refractivity contribution is 0.226. The molecule has 0 saturated carbocycles. The summed E-state index contributed by atoms with van der Waals surface area (Å²) < 4.78 is -0.376. The monoisotopic (exact) mass is 482 g/mol. The van der Waals surface area contributed by atoms with E-state index in [0.29, 0.717) is 6.54 Å². The van der Waals surface area contributed by atoms with E-state index in [1.165, 1.54) is 23.0 Å². The number of anilines is 1. The fourth-order valence-corrected chi connectivity index (χ4v) is 5.41. The van der Waals surface area contributed by atoms with Gasteiger partial charge in [0.1, 0.15) is 5.84 Å². The number of fused-ring (bicyclic) bond motifs is 1. The fraction of sp³-hybridized carbons (Fsp3) is 0.423. The molecule has 0 atom stereocenters. The molecule has 5 nitrogen and oxygen atoms in total. The fourth-order valence-electron chi connectivity index (χ4n) is 4.31. The highest BCUT2D eigenvalue weighted by molar-refractivity contribution is 8.15. The van der Waals surface area contributed by atoms with E-state index in [-0.39, 0.29) is 16.0 Å². The van der Waals surface area contributed by atoms with Crippen LogP contribution in [0.3, 0.4) is 0 Å². The zero-order valence-electron chi connectivity index (χ0n) is 19.9. The minimum absolute atomic E-state index is 0.00730. The lowest BCUT2D eigenvalue weighted by Gasteiger charge is -2.35. The average molecular weight is 483 g/mol. The molecule has 0 saturated heterocycles. The molecule has 33 heavy (non-hydrogen) atoms. The zero-order valence-corrected chi connectivity index (χ0v) is 21.5. The number of aliphatic imine (C=N–C) groups is 1. The van der Waals surface area contributed by atoms with Gasteiger partial charge in [-0.25, -0.2) is 5.01 Å². The summed E-state index contributed by atoms with van der Waals surface area (Å²) >= 11 is 7.49. The average Bonchev–Trinajstić information content (AvgIpc) is 2.77. The summed E-state index contributed by atoms with van der Waals surface area (Å²) in [5, 5.41) is 7.02. The molecule has 0 radical (unpaired) electrons. The van der Waals surface area contributed by atoms with Gasteiger partial charge in [-0.1, -0.05) is 29.4 Å². The molecule has 2 aromatic rings. The van der Waals surface area contributed by atoms with Gasteiger partial charge in [0.25, 0.3) is 0 Å². The number of aryl methyl sites for hydroxylation is 1. The smallest absolute Gasteiger partial charge is 0.302 e. The Labute approximate surface area is 205 Å². The third-order valence-corrected chi connectivity index (χ3v) is 7.19. The van der Waals surface area contributed by atoms with Crippen LogP contribution in [0.5, 0.6) is 0 Å². The van der Waals surface area contributed by atoms with Crippen molar-refractivity contribution < 1.29 is 4.79 Å². The molecule has 2 aromatic carbocycles. The molecule has 0 bridgehead atoms. The van der Waals surface area contributed by atoms with E-state index in [9.17, 15) is 4.79 Å². The van der Waals surface area contributed by atoms with Crippen LogP contribution in [0.15, 0.2) is 52.6 Å². The van der Waals surface area contributed by atoms with Crippen molar-refractivity contribution in [2.24, 2.45) is 10.1 Å². The summed E-state index contributed by atoms with van der Waals surface area (Å²) in [4.78, 5) is 19.7. The zero-order chi connectivity index (χ0) is 23.8. The summed E-state index contributed by atoms with van der Waals surface area (Å²) in [6.07, 6.45) is 2.05. The number of benzene rings is 2. The number of hydrogen-bond donors (Lipinski definition) is 0. The van der Waals surface area contributed by atoms with Crippen LogP contribution in [-0.2, 0) is 6.42 Å². The number of hydrazone groups is 1. The molecular formula is C26H31ClN4OS. The van der Waals surface area contributed by atoms with Gasteiger partial charge in [-0.05, 0) is 95.0 Å². The van der Waals surface area contributed by atoms with Gasteiger partial charge in [0.05, 0.1) is 10.5 Å². The van der Waals surface area contributed by atoms with Gasteiger partial charge in [-0.2, -0.15) is 5.10 Å². The maximum Gasteiger partial charge on any atom is 0.302 e. The van der Waals surface area contributed by atoms with Crippen molar-refractivity contribution in [1.29, 1.82) is 0 Å². The molecule has 2 heterocycles. The van der Waals surface area contributed by atoms with E-state index in [1.54, 1.807) is 5.01 Å². The first-order valence-electron chi connectivity index (χ1n) is 11.5. The molecule has 0 aliphatic carbocycles. The second-order valence-corrected chi connectivity index (χ2v) is 11.2. The molecule has 0 N–H and O–H groups in total. The Hall–Kier alpha value is -2.31. The van der Waals surface area contributed by atoms with E-state index < -0.39 is 0 Å². The Balaban J connectivity index is 1.75. The summed E-state index contributed by atoms with van der Waals surface area (Å²) in [5.41, 5.74) is 5.56. The third-order valence-electron chi connectivity index (χ3n) is 5.85. The number of amidine groups is 1. The second kappa shape index (κ2) is 9.51. The Bertz CT molecular complexity index is 1110. The quantitative estimate of drug-likeness (QED) is 0.363. The molecule has 7 heteroatoms. The Morgan fingerprint density at radius 2 is 1.94 bits per heavy atom. The number of carbonyl (C=O) groups excluding carboxylic acids is 1. The van der Waals surface area contributed by atoms with Gasteiger partial charge in [0, 0.05) is 35.4 Å². The van der Waals surface area contributed by atoms with E-state index in [2.05, 4.69) is 50.8 Å². The summed E-state index contributed by atoms with van der Waals surface area (Å²) in [6, 6.07) is 14.7. The SMILES string of the molecule is CCN1N=C(c2ccc3c(c2)CCCN3C(=NC(C)C)c2ccc(Cl)cc2)C(C)(C)SC1=O. The minimum atomic E-state index is -0.376. The summed E-state index contributed by atoms with van der Waals surface area (Å²) in [7, 11) is 0. The van der Waals surface area contributed by atoms with Crippen LogP contribution in [0.2, 0.25) is 5.02 Å². The standard InChI is InChI=1S/C26H31ClN4OS/c1-6-31-25(32)33-26(4,5)23(29-31)20-11-14-22-19(16-20)8-7-15-30(22)24(28-17(2)3)18-9-12-21(27)13-10-18/h9-14,16-17H,6-8,15H2,1-5H3. The van der Waals surface area contributed by atoms with Gasteiger partial charge in [0.2, 0.25) is 0 Å². The number of halogens is 1. The number of rotatable bonds is 4. The normalized spacial score (nSPS) is 18.5. The predicted molar refractivity (Wildman–Crippen MR) is 141 cm³/mol. The first-order chi connectivity index (χ1) is 15.7. The van der Waals surface area contributed by atoms with Crippen LogP contribution < -0.4 is 4.90 Å². The molecule has 1 amide bonds. The van der Waals surface area contributed by atoms with E-state index in [0.717, 1.165) is 47.1 Å². The second-order valence-electron chi connectivity index (χ2n) is 9.19. The Kier molecular flexibility index (Phi) is 6.87. The predicted octanol–water partition coefficient (Wildman–Crippen LogP) is 6.62. The van der Waals surface area contributed by atoms with Crippen LogP contribution in [0.25, 0.3) is 0 Å². The molecule has 174 valence electrons. The minimum Gasteiger partial charge on any atom is -0.326 e. The van der Waals surface area contributed by atoms with Crippen LogP contribution in [-0.4, -0.2) is 45.7 Å². The van der Waals surface area contributed by atoms with Crippen molar-refractivity contribution in [2.45, 2.75) is 58.2 Å². The van der Waals surface area contributed by atoms with Gasteiger partial charge in [0.15, 0.2) is 0 Å². The van der Waals surface area contributed by atoms with E-state index >= 15 is 0 Å². The van der Waals surface area contributed by atoms with Crippen molar-refractivity contribution in [2.75, 3.05) is 18.0 Å². The van der Waals surface area contributed by atoms with Gasteiger partial charge in [-0.3, -0.25) is 9.79 Å². The van der Waals surface area contributed by atoms with Crippen molar-refractivity contribution in [3.05, 3.63) is 64.2 Å². The van der Waals surface area contributed by atoms with E-state index in [4.69, 9.17) is 21.7 Å². The molecular weight excluding hydrogens is 452 g/mol. The first kappa shape index (κ1) is 23.8. The number of hydrogen-bond acceptors (Lipinski definition) is 4. The molecule has 2 aliphatic heterocycles. The van der Waals surface area contributed by atoms with Gasteiger partial charge in [-0.15, -0.1) is 0 Å². The van der Waals surface area contributed by atoms with Gasteiger partial charge < -0.3 is 4.90 Å². The molecule has 4 rings (SSSR count). The Morgan fingerprint density at radius 1 is 1.21 bits per heavy atom. The highest BCUT2D eigenvalue weighted by Gasteiger charge is 2.37. The summed E-state index contributed by atoms with van der Waals surface area (Å²) in [5.74, 6) is 0.976. The lowest BCUT2D eigenvalue weighted by atomic mass is 9.93. The molecule has 0 spiro atoms. The maximum atomic E-state index is 12.4. The third kappa shape index (κ3) is 4.97. The highest BCUT2D eigenvalue weighted by Crippen LogP contribution is 2.38. The van der Waals surface area contributed by atoms with E-state index in [1.807, 2.05) is 31.2 Å². The van der Waals surface area contributed by atoms with Crippen LogP contribution >= 0.6 is 23.4 Å². The first-order valence-corrected chi connectivity index (χ1v) is 12.7. The molecule has 0 unspecified atom stereocenters. The summed E-state index contributed by atoms with van der Waals surface area (Å²) in [6.45, 7) is 11.8. The number of carbonyl (C=O) groups is 1. The molecule has 0 fully saturated rings. The van der Waals surface area contributed by atoms with Crippen LogP contribution in [0.1, 0.15) is 57.7 Å². The van der Waals surface area contributed by atoms with Crippen molar-refractivity contribution >= 4 is 45.8 Å². The lowest BCUT2D eigenvalue weighted by Crippen LogP contribution is -2.41. The maximum absolute atomic E-state index is 12.4. The number of amides is 1. The number of thioether (sulfide) groups is 1.